The maximum atomic E-state index is 13.2. The number of primary amides is 1. The summed E-state index contributed by atoms with van der Waals surface area (Å²) in [6, 6.07) is 4.26. The average molecular weight is 243 g/mol. The van der Waals surface area contributed by atoms with E-state index in [-0.39, 0.29) is 11.1 Å². The minimum absolute atomic E-state index is 0.212. The zero-order valence-electron chi connectivity index (χ0n) is 6.34. The molecule has 0 aliphatic carbocycles. The van der Waals surface area contributed by atoms with E-state index in [0.717, 1.165) is 0 Å². The van der Waals surface area contributed by atoms with E-state index < -0.39 is 11.7 Å². The highest BCUT2D eigenvalue weighted by Gasteiger charge is 2.14. The number of rotatable bonds is 1. The molecule has 3 nitrogen and oxygen atoms in total. The Kier molecular flexibility index (Phi) is 2.63. The molecule has 0 spiro atoms. The molecule has 0 atom stereocenters. The van der Waals surface area contributed by atoms with Gasteiger partial charge in [0.2, 0.25) is 0 Å². The number of carbonyl (C=O) groups is 1. The van der Waals surface area contributed by atoms with E-state index in [1.807, 2.05) is 0 Å². The molecule has 2 N–H and O–H groups in total. The minimum atomic E-state index is -0.888. The summed E-state index contributed by atoms with van der Waals surface area (Å²) < 4.78 is 13.5. The molecule has 1 amide bonds. The van der Waals surface area contributed by atoms with Crippen molar-refractivity contribution >= 4 is 21.8 Å². The number of hydrogen-bond donors (Lipinski definition) is 1. The molecule has 1 aromatic rings. The third kappa shape index (κ3) is 1.68. The summed E-state index contributed by atoms with van der Waals surface area (Å²) in [6.45, 7) is 0. The van der Waals surface area contributed by atoms with Gasteiger partial charge in [-0.1, -0.05) is 0 Å². The van der Waals surface area contributed by atoms with Gasteiger partial charge in [0.25, 0.3) is 5.91 Å². The first kappa shape index (κ1) is 9.68. The van der Waals surface area contributed by atoms with Crippen molar-refractivity contribution in [2.45, 2.75) is 0 Å². The van der Waals surface area contributed by atoms with Crippen molar-refractivity contribution in [3.05, 3.63) is 33.5 Å². The molecule has 66 valence electrons. The number of hydrogen-bond acceptors (Lipinski definition) is 2. The van der Waals surface area contributed by atoms with Crippen molar-refractivity contribution < 1.29 is 9.18 Å². The van der Waals surface area contributed by atoms with Gasteiger partial charge in [0.15, 0.2) is 5.82 Å². The molecule has 0 saturated heterocycles. The normalized spacial score (nSPS) is 9.31. The second kappa shape index (κ2) is 3.54. The first-order valence-corrected chi connectivity index (χ1v) is 4.05. The van der Waals surface area contributed by atoms with Gasteiger partial charge >= 0.3 is 0 Å². The van der Waals surface area contributed by atoms with Crippen LogP contribution in [0.5, 0.6) is 0 Å². The lowest BCUT2D eigenvalue weighted by atomic mass is 10.1. The van der Waals surface area contributed by atoms with Gasteiger partial charge in [-0.25, -0.2) is 4.39 Å². The summed E-state index contributed by atoms with van der Waals surface area (Å²) in [5, 5.41) is 8.53. The van der Waals surface area contributed by atoms with Gasteiger partial charge in [-0.2, -0.15) is 5.26 Å². The van der Waals surface area contributed by atoms with Gasteiger partial charge in [-0.15, -0.1) is 0 Å². The van der Waals surface area contributed by atoms with Crippen LogP contribution in [0.25, 0.3) is 0 Å². The molecule has 0 aliphatic heterocycles. The first-order valence-electron chi connectivity index (χ1n) is 3.26. The summed E-state index contributed by atoms with van der Waals surface area (Å²) in [5.74, 6) is -1.77. The zero-order valence-corrected chi connectivity index (χ0v) is 7.93. The van der Waals surface area contributed by atoms with Crippen LogP contribution in [0.4, 0.5) is 4.39 Å². The second-order valence-electron chi connectivity index (χ2n) is 2.26. The van der Waals surface area contributed by atoms with E-state index >= 15 is 0 Å². The first-order chi connectivity index (χ1) is 6.07. The highest BCUT2D eigenvalue weighted by Crippen LogP contribution is 2.21. The smallest absolute Gasteiger partial charge is 0.251 e. The Labute approximate surface area is 82.1 Å². The molecule has 0 bridgehead atoms. The van der Waals surface area contributed by atoms with Gasteiger partial charge in [0.05, 0.1) is 5.56 Å². The molecule has 1 rings (SSSR count). The van der Waals surface area contributed by atoms with Gasteiger partial charge in [0.1, 0.15) is 11.6 Å². The Hall–Kier alpha value is -1.41. The van der Waals surface area contributed by atoms with Crippen LogP contribution in [0.1, 0.15) is 15.9 Å². The highest BCUT2D eigenvalue weighted by molar-refractivity contribution is 9.10. The number of benzene rings is 1. The number of amides is 1. The lowest BCUT2D eigenvalue weighted by Gasteiger charge is -2.01. The van der Waals surface area contributed by atoms with Crippen molar-refractivity contribution in [1.82, 2.24) is 0 Å². The predicted molar refractivity (Wildman–Crippen MR) is 47.3 cm³/mol. The van der Waals surface area contributed by atoms with Crippen molar-refractivity contribution in [1.29, 1.82) is 5.26 Å². The Balaban J connectivity index is 3.47. The lowest BCUT2D eigenvalue weighted by molar-refractivity contribution is 0.0996. The third-order valence-electron chi connectivity index (χ3n) is 1.47. The molecular formula is C8H4BrFN2O. The van der Waals surface area contributed by atoms with Gasteiger partial charge in [-0.3, -0.25) is 4.79 Å². The van der Waals surface area contributed by atoms with Crippen LogP contribution in [-0.4, -0.2) is 5.91 Å². The third-order valence-corrected chi connectivity index (χ3v) is 2.13. The van der Waals surface area contributed by atoms with E-state index in [9.17, 15) is 9.18 Å². The van der Waals surface area contributed by atoms with E-state index in [2.05, 4.69) is 15.9 Å². The molecule has 0 aliphatic rings. The number of halogens is 2. The van der Waals surface area contributed by atoms with Gasteiger partial charge < -0.3 is 5.73 Å². The maximum absolute atomic E-state index is 13.2. The van der Waals surface area contributed by atoms with E-state index in [4.69, 9.17) is 11.0 Å². The molecule has 1 aromatic carbocycles. The van der Waals surface area contributed by atoms with Crippen LogP contribution in [0.3, 0.4) is 0 Å². The summed E-state index contributed by atoms with van der Waals surface area (Å²) in [4.78, 5) is 10.7. The van der Waals surface area contributed by atoms with Crippen molar-refractivity contribution in [3.63, 3.8) is 0 Å². The largest absolute Gasteiger partial charge is 0.366 e. The van der Waals surface area contributed by atoms with Crippen LogP contribution >= 0.6 is 15.9 Å². The molecule has 0 saturated carbocycles. The van der Waals surface area contributed by atoms with E-state index in [1.165, 1.54) is 12.1 Å². The molecule has 0 fully saturated rings. The summed E-state index contributed by atoms with van der Waals surface area (Å²) >= 11 is 2.98. The van der Waals surface area contributed by atoms with Crippen molar-refractivity contribution in [2.24, 2.45) is 5.73 Å². The van der Waals surface area contributed by atoms with Crippen LogP contribution in [0.2, 0.25) is 0 Å². The van der Waals surface area contributed by atoms with Crippen LogP contribution in [-0.2, 0) is 0 Å². The topological polar surface area (TPSA) is 66.9 Å². The Morgan fingerprint density at radius 3 is 2.69 bits per heavy atom. The molecule has 0 radical (unpaired) electrons. The minimum Gasteiger partial charge on any atom is -0.366 e. The molecule has 0 heterocycles. The predicted octanol–water partition coefficient (Wildman–Crippen LogP) is 1.56. The summed E-state index contributed by atoms with van der Waals surface area (Å²) in [5.41, 5.74) is 4.39. The fourth-order valence-corrected chi connectivity index (χ4v) is 1.24. The Morgan fingerprint density at radius 2 is 2.23 bits per heavy atom. The monoisotopic (exact) mass is 242 g/mol. The van der Waals surface area contributed by atoms with Gasteiger partial charge in [0, 0.05) is 4.47 Å². The van der Waals surface area contributed by atoms with Gasteiger partial charge in [-0.05, 0) is 28.1 Å². The number of nitrogens with zero attached hydrogens (tertiary/aromatic N) is 1. The Morgan fingerprint density at radius 1 is 1.62 bits per heavy atom. The van der Waals surface area contributed by atoms with Crippen molar-refractivity contribution in [3.8, 4) is 6.07 Å². The quantitative estimate of drug-likeness (QED) is 0.813. The van der Waals surface area contributed by atoms with Crippen LogP contribution < -0.4 is 5.73 Å². The van der Waals surface area contributed by atoms with Crippen LogP contribution in [0.15, 0.2) is 16.6 Å². The number of carbonyl (C=O) groups excluding carboxylic acids is 1. The second-order valence-corrected chi connectivity index (χ2v) is 3.11. The summed E-state index contributed by atoms with van der Waals surface area (Å²) in [7, 11) is 0. The van der Waals surface area contributed by atoms with Crippen molar-refractivity contribution in [2.75, 3.05) is 0 Å². The maximum Gasteiger partial charge on any atom is 0.251 e. The molecular weight excluding hydrogens is 239 g/mol. The fourth-order valence-electron chi connectivity index (χ4n) is 0.845. The lowest BCUT2D eigenvalue weighted by Crippen LogP contribution is -2.13. The molecule has 5 heteroatoms. The number of nitriles is 1. The molecule has 0 unspecified atom stereocenters. The van der Waals surface area contributed by atoms with E-state index in [1.54, 1.807) is 6.07 Å². The standard InChI is InChI=1S/C8H4BrFN2O/c9-6-2-1-4(8(12)13)7(10)5(6)3-11/h1-2H,(H2,12,13). The molecule has 13 heavy (non-hydrogen) atoms. The Bertz CT molecular complexity index is 411. The SMILES string of the molecule is N#Cc1c(Br)ccc(C(N)=O)c1F. The summed E-state index contributed by atoms with van der Waals surface area (Å²) in [6.07, 6.45) is 0. The zero-order chi connectivity index (χ0) is 10.0. The number of nitrogens with two attached hydrogens (primary N) is 1. The van der Waals surface area contributed by atoms with Crippen LogP contribution in [0, 0.1) is 17.1 Å². The highest BCUT2D eigenvalue weighted by atomic mass is 79.9. The average Bonchev–Trinajstić information content (AvgIpc) is 2.04. The van der Waals surface area contributed by atoms with E-state index in [0.29, 0.717) is 4.47 Å². The molecule has 0 aromatic heterocycles. The fraction of sp³-hybridized carbons (Fsp3) is 0.